The molecule has 5 heteroatoms. The maximum absolute atomic E-state index is 13.3. The first-order valence-electron chi connectivity index (χ1n) is 11.3. The average molecular weight is 443 g/mol. The zero-order chi connectivity index (χ0) is 23.4. The van der Waals surface area contributed by atoms with Gasteiger partial charge in [0.1, 0.15) is 5.60 Å². The highest BCUT2D eigenvalue weighted by molar-refractivity contribution is 5.94. The molecule has 3 aromatic carbocycles. The van der Waals surface area contributed by atoms with Crippen molar-refractivity contribution in [1.82, 2.24) is 4.90 Å². The topological polar surface area (TPSA) is 58.6 Å². The Morgan fingerprint density at radius 2 is 1.39 bits per heavy atom. The van der Waals surface area contributed by atoms with Crippen molar-refractivity contribution in [1.29, 1.82) is 0 Å². The van der Waals surface area contributed by atoms with E-state index < -0.39 is 5.60 Å². The maximum Gasteiger partial charge on any atom is 0.410 e. The number of carbonyl (C=O) groups is 2. The summed E-state index contributed by atoms with van der Waals surface area (Å²) in [7, 11) is 0. The molecule has 0 saturated carbocycles. The van der Waals surface area contributed by atoms with E-state index >= 15 is 0 Å². The molecule has 2 atom stereocenters. The van der Waals surface area contributed by atoms with Gasteiger partial charge in [0.05, 0.1) is 5.92 Å². The molecule has 170 valence electrons. The van der Waals surface area contributed by atoms with Crippen molar-refractivity contribution in [3.05, 3.63) is 90.5 Å². The summed E-state index contributed by atoms with van der Waals surface area (Å²) in [5.74, 6) is -0.557. The number of amides is 2. The number of ether oxygens (including phenoxy) is 1. The number of rotatable bonds is 4. The standard InChI is InChI=1S/C28H30N2O3/c1-28(2,3)33-27(32)30-18-24(22-12-8-5-9-13-22)25(19-30)26(31)29-23-16-14-21(15-17-23)20-10-6-4-7-11-20/h4-17,24-25H,18-19H2,1-3H3,(H,29,31). The lowest BCUT2D eigenvalue weighted by Crippen LogP contribution is -2.36. The van der Waals surface area contributed by atoms with E-state index in [9.17, 15) is 9.59 Å². The van der Waals surface area contributed by atoms with Gasteiger partial charge >= 0.3 is 6.09 Å². The molecule has 0 aliphatic carbocycles. The van der Waals surface area contributed by atoms with Crippen molar-refractivity contribution >= 4 is 17.7 Å². The summed E-state index contributed by atoms with van der Waals surface area (Å²) in [6, 6.07) is 27.8. The average Bonchev–Trinajstić information content (AvgIpc) is 3.26. The second-order valence-electron chi connectivity index (χ2n) is 9.44. The monoisotopic (exact) mass is 442 g/mol. The van der Waals surface area contributed by atoms with Crippen molar-refractivity contribution in [2.24, 2.45) is 5.92 Å². The zero-order valence-electron chi connectivity index (χ0n) is 19.3. The third-order valence-electron chi connectivity index (χ3n) is 5.80. The molecular formula is C28H30N2O3. The van der Waals surface area contributed by atoms with E-state index in [-0.39, 0.29) is 23.8 Å². The fourth-order valence-electron chi connectivity index (χ4n) is 4.19. The molecule has 1 fully saturated rings. The minimum Gasteiger partial charge on any atom is -0.444 e. The minimum absolute atomic E-state index is 0.0950. The molecule has 1 saturated heterocycles. The molecule has 0 spiro atoms. The Morgan fingerprint density at radius 1 is 0.818 bits per heavy atom. The van der Waals surface area contributed by atoms with Crippen LogP contribution in [0.3, 0.4) is 0 Å². The van der Waals surface area contributed by atoms with Crippen molar-refractivity contribution < 1.29 is 14.3 Å². The first-order chi connectivity index (χ1) is 15.8. The van der Waals surface area contributed by atoms with Crippen molar-refractivity contribution in [2.45, 2.75) is 32.3 Å². The summed E-state index contributed by atoms with van der Waals surface area (Å²) in [6.07, 6.45) is -0.383. The number of nitrogens with one attached hydrogen (secondary N) is 1. The molecule has 0 bridgehead atoms. The summed E-state index contributed by atoms with van der Waals surface area (Å²) in [6.45, 7) is 6.31. The molecule has 1 N–H and O–H groups in total. The van der Waals surface area contributed by atoms with Crippen LogP contribution >= 0.6 is 0 Å². The molecule has 0 aromatic heterocycles. The number of hydrogen-bond donors (Lipinski definition) is 1. The van der Waals surface area contributed by atoms with Gasteiger partial charge in [-0.05, 0) is 49.6 Å². The fourth-order valence-corrected chi connectivity index (χ4v) is 4.19. The first-order valence-corrected chi connectivity index (χ1v) is 11.3. The third-order valence-corrected chi connectivity index (χ3v) is 5.80. The van der Waals surface area contributed by atoms with Crippen molar-refractivity contribution in [3.63, 3.8) is 0 Å². The molecule has 3 aromatic rings. The molecule has 2 amide bonds. The van der Waals surface area contributed by atoms with Gasteiger partial charge in [-0.1, -0.05) is 72.8 Å². The highest BCUT2D eigenvalue weighted by Crippen LogP contribution is 2.34. The third kappa shape index (κ3) is 5.61. The van der Waals surface area contributed by atoms with Crippen LogP contribution < -0.4 is 5.32 Å². The van der Waals surface area contributed by atoms with E-state index in [0.29, 0.717) is 13.1 Å². The number of hydrogen-bond acceptors (Lipinski definition) is 3. The second kappa shape index (κ2) is 9.49. The van der Waals surface area contributed by atoms with Gasteiger partial charge in [-0.2, -0.15) is 0 Å². The quantitative estimate of drug-likeness (QED) is 0.544. The molecule has 2 unspecified atom stereocenters. The summed E-state index contributed by atoms with van der Waals surface area (Å²) in [5.41, 5.74) is 3.42. The number of nitrogens with zero attached hydrogens (tertiary/aromatic N) is 1. The number of benzene rings is 3. The lowest BCUT2D eigenvalue weighted by Gasteiger charge is -2.24. The van der Waals surface area contributed by atoms with Crippen LogP contribution in [0.25, 0.3) is 11.1 Å². The van der Waals surface area contributed by atoms with Crippen LogP contribution in [-0.2, 0) is 9.53 Å². The summed E-state index contributed by atoms with van der Waals surface area (Å²) < 4.78 is 5.56. The Bertz CT molecular complexity index is 1090. The molecule has 5 nitrogen and oxygen atoms in total. The second-order valence-corrected chi connectivity index (χ2v) is 9.44. The lowest BCUT2D eigenvalue weighted by molar-refractivity contribution is -0.119. The Labute approximate surface area is 195 Å². The number of carbonyl (C=O) groups excluding carboxylic acids is 2. The zero-order valence-corrected chi connectivity index (χ0v) is 19.3. The Kier molecular flexibility index (Phi) is 6.50. The van der Waals surface area contributed by atoms with Crippen LogP contribution in [0, 0.1) is 5.92 Å². The molecule has 33 heavy (non-hydrogen) atoms. The van der Waals surface area contributed by atoms with Gasteiger partial charge in [0.2, 0.25) is 5.91 Å². The highest BCUT2D eigenvalue weighted by Gasteiger charge is 2.41. The number of likely N-dealkylation sites (tertiary alicyclic amines) is 1. The first kappa shape index (κ1) is 22.6. The van der Waals surface area contributed by atoms with Gasteiger partial charge in [0.15, 0.2) is 0 Å². The van der Waals surface area contributed by atoms with E-state index in [2.05, 4.69) is 17.4 Å². The predicted molar refractivity (Wildman–Crippen MR) is 131 cm³/mol. The molecular weight excluding hydrogens is 412 g/mol. The van der Waals surface area contributed by atoms with E-state index in [1.807, 2.05) is 93.6 Å². The van der Waals surface area contributed by atoms with Crippen LogP contribution in [-0.4, -0.2) is 35.6 Å². The van der Waals surface area contributed by atoms with Crippen LogP contribution in [0.5, 0.6) is 0 Å². The van der Waals surface area contributed by atoms with Crippen molar-refractivity contribution in [2.75, 3.05) is 18.4 Å². The lowest BCUT2D eigenvalue weighted by atomic mass is 9.88. The Balaban J connectivity index is 1.50. The SMILES string of the molecule is CC(C)(C)OC(=O)N1CC(C(=O)Nc2ccc(-c3ccccc3)cc2)C(c2ccccc2)C1. The smallest absolute Gasteiger partial charge is 0.410 e. The van der Waals surface area contributed by atoms with Gasteiger partial charge in [-0.15, -0.1) is 0 Å². The van der Waals surface area contributed by atoms with Crippen LogP contribution in [0.15, 0.2) is 84.9 Å². The minimum atomic E-state index is -0.583. The van der Waals surface area contributed by atoms with E-state index in [0.717, 1.165) is 22.4 Å². The molecule has 1 aliphatic heterocycles. The number of anilines is 1. The van der Waals surface area contributed by atoms with Gasteiger partial charge in [0, 0.05) is 24.7 Å². The Hall–Kier alpha value is -3.60. The fraction of sp³-hybridized carbons (Fsp3) is 0.286. The van der Waals surface area contributed by atoms with Gasteiger partial charge in [-0.25, -0.2) is 4.79 Å². The molecule has 4 rings (SSSR count). The van der Waals surface area contributed by atoms with Crippen LogP contribution in [0.2, 0.25) is 0 Å². The summed E-state index contributed by atoms with van der Waals surface area (Å²) in [5, 5.41) is 3.05. The van der Waals surface area contributed by atoms with E-state index in [4.69, 9.17) is 4.74 Å². The largest absolute Gasteiger partial charge is 0.444 e. The van der Waals surface area contributed by atoms with Crippen LogP contribution in [0.1, 0.15) is 32.3 Å². The summed E-state index contributed by atoms with van der Waals surface area (Å²) >= 11 is 0. The summed E-state index contributed by atoms with van der Waals surface area (Å²) in [4.78, 5) is 27.7. The highest BCUT2D eigenvalue weighted by atomic mass is 16.6. The van der Waals surface area contributed by atoms with Gasteiger partial charge in [-0.3, -0.25) is 4.79 Å². The van der Waals surface area contributed by atoms with Crippen LogP contribution in [0.4, 0.5) is 10.5 Å². The van der Waals surface area contributed by atoms with Gasteiger partial charge in [0.25, 0.3) is 0 Å². The Morgan fingerprint density at radius 3 is 2.00 bits per heavy atom. The molecule has 1 heterocycles. The predicted octanol–water partition coefficient (Wildman–Crippen LogP) is 5.94. The van der Waals surface area contributed by atoms with E-state index in [1.165, 1.54) is 0 Å². The van der Waals surface area contributed by atoms with Crippen molar-refractivity contribution in [3.8, 4) is 11.1 Å². The van der Waals surface area contributed by atoms with Gasteiger partial charge < -0.3 is 15.0 Å². The molecule has 0 radical (unpaired) electrons. The molecule has 1 aliphatic rings. The normalized spacial score (nSPS) is 18.1. The van der Waals surface area contributed by atoms with E-state index in [1.54, 1.807) is 4.90 Å². The maximum atomic E-state index is 13.3.